The summed E-state index contributed by atoms with van der Waals surface area (Å²) in [5, 5.41) is 3.25. The standard InChI is InChI=1S/C33H40F2N6O3S/c1-23-19-25(7-8-31(23)41-13-11-39(12-14-41)10-9-38(2)3)36-33-37-30-6-4-5-26(32(30)44-33)24-20-28(34)27(29(35)21-24)22-40-15-17-45(42,43)18-16-40/h4-8,19-21H,9-18,22H2,1-3H3,(H,36,37). The molecule has 0 radical (unpaired) electrons. The first-order valence-corrected chi connectivity index (χ1v) is 17.2. The number of halogens is 2. The first kappa shape index (κ1) is 31.4. The Balaban J connectivity index is 1.15. The van der Waals surface area contributed by atoms with E-state index in [4.69, 9.17) is 4.42 Å². The molecule has 12 heteroatoms. The monoisotopic (exact) mass is 638 g/mol. The van der Waals surface area contributed by atoms with Crippen molar-refractivity contribution < 1.29 is 21.6 Å². The second-order valence-corrected chi connectivity index (χ2v) is 14.6. The molecule has 0 spiro atoms. The van der Waals surface area contributed by atoms with Gasteiger partial charge >= 0.3 is 0 Å². The lowest BCUT2D eigenvalue weighted by molar-refractivity contribution is 0.229. The van der Waals surface area contributed by atoms with E-state index in [0.717, 1.165) is 50.5 Å². The van der Waals surface area contributed by atoms with Gasteiger partial charge in [-0.05, 0) is 68.5 Å². The van der Waals surface area contributed by atoms with E-state index in [0.29, 0.717) is 22.2 Å². The number of rotatable bonds is 9. The summed E-state index contributed by atoms with van der Waals surface area (Å²) in [4.78, 5) is 13.5. The van der Waals surface area contributed by atoms with E-state index in [2.05, 4.69) is 58.2 Å². The van der Waals surface area contributed by atoms with Gasteiger partial charge in [-0.2, -0.15) is 4.98 Å². The molecule has 2 aliphatic heterocycles. The lowest BCUT2D eigenvalue weighted by Gasteiger charge is -2.37. The van der Waals surface area contributed by atoms with Crippen LogP contribution in [0.5, 0.6) is 0 Å². The van der Waals surface area contributed by atoms with Crippen molar-refractivity contribution in [3.8, 4) is 11.1 Å². The molecule has 0 saturated carbocycles. The Kier molecular flexibility index (Phi) is 9.10. The third-order valence-electron chi connectivity index (χ3n) is 8.71. The summed E-state index contributed by atoms with van der Waals surface area (Å²) < 4.78 is 60.0. The van der Waals surface area contributed by atoms with Gasteiger partial charge in [0.25, 0.3) is 6.01 Å². The smallest absolute Gasteiger partial charge is 0.300 e. The zero-order valence-corrected chi connectivity index (χ0v) is 26.8. The number of nitrogens with one attached hydrogen (secondary N) is 1. The Labute approximate surface area is 263 Å². The number of fused-ring (bicyclic) bond motifs is 1. The minimum Gasteiger partial charge on any atom is -0.423 e. The first-order chi connectivity index (χ1) is 21.5. The van der Waals surface area contributed by atoms with Crippen LogP contribution in [-0.2, 0) is 16.4 Å². The van der Waals surface area contributed by atoms with Gasteiger partial charge in [-0.1, -0.05) is 12.1 Å². The number of hydrogen-bond donors (Lipinski definition) is 1. The van der Waals surface area contributed by atoms with Crippen molar-refractivity contribution in [3.63, 3.8) is 0 Å². The van der Waals surface area contributed by atoms with Gasteiger partial charge in [0.1, 0.15) is 17.2 Å². The van der Waals surface area contributed by atoms with Crippen LogP contribution >= 0.6 is 0 Å². The van der Waals surface area contributed by atoms with Gasteiger partial charge in [0.05, 0.1) is 11.5 Å². The Bertz CT molecular complexity index is 1750. The minimum absolute atomic E-state index is 0.00327. The summed E-state index contributed by atoms with van der Waals surface area (Å²) in [6, 6.07) is 14.4. The van der Waals surface area contributed by atoms with Gasteiger partial charge in [0, 0.05) is 81.4 Å². The fraction of sp³-hybridized carbons (Fsp3) is 0.424. The normalized spacial score (nSPS) is 17.8. The lowest BCUT2D eigenvalue weighted by atomic mass is 10.0. The number of likely N-dealkylation sites (N-methyl/N-ethyl adjacent to an activating group) is 1. The van der Waals surface area contributed by atoms with E-state index in [1.165, 1.54) is 17.8 Å². The number of aromatic nitrogens is 1. The molecule has 45 heavy (non-hydrogen) atoms. The molecule has 1 aromatic heterocycles. The highest BCUT2D eigenvalue weighted by Gasteiger charge is 2.24. The fourth-order valence-electron chi connectivity index (χ4n) is 6.04. The number of aryl methyl sites for hydroxylation is 1. The van der Waals surface area contributed by atoms with E-state index in [1.807, 2.05) is 6.07 Å². The molecule has 3 aromatic carbocycles. The van der Waals surface area contributed by atoms with Crippen LogP contribution in [0.1, 0.15) is 11.1 Å². The molecular weight excluding hydrogens is 598 g/mol. The summed E-state index contributed by atoms with van der Waals surface area (Å²) in [5.74, 6) is -1.37. The van der Waals surface area contributed by atoms with Crippen LogP contribution in [0.2, 0.25) is 0 Å². The molecule has 0 bridgehead atoms. The highest BCUT2D eigenvalue weighted by Crippen LogP contribution is 2.34. The van der Waals surface area contributed by atoms with Gasteiger partial charge < -0.3 is 19.5 Å². The second-order valence-electron chi connectivity index (χ2n) is 12.3. The maximum atomic E-state index is 15.2. The van der Waals surface area contributed by atoms with E-state index < -0.39 is 21.5 Å². The zero-order chi connectivity index (χ0) is 31.7. The number of piperazine rings is 1. The average Bonchev–Trinajstić information content (AvgIpc) is 3.41. The quantitative estimate of drug-likeness (QED) is 0.280. The van der Waals surface area contributed by atoms with E-state index in [9.17, 15) is 8.42 Å². The van der Waals surface area contributed by atoms with Crippen molar-refractivity contribution in [2.75, 3.05) is 88.2 Å². The first-order valence-electron chi connectivity index (χ1n) is 15.3. The number of para-hydroxylation sites is 1. The number of sulfone groups is 1. The van der Waals surface area contributed by atoms with Crippen LogP contribution < -0.4 is 10.2 Å². The van der Waals surface area contributed by atoms with Crippen LogP contribution in [0.4, 0.5) is 26.2 Å². The summed E-state index contributed by atoms with van der Waals surface area (Å²) in [6.07, 6.45) is 0. The molecule has 2 saturated heterocycles. The molecule has 1 N–H and O–H groups in total. The van der Waals surface area contributed by atoms with Crippen LogP contribution in [-0.4, -0.2) is 106 Å². The topological polar surface area (TPSA) is 85.2 Å². The SMILES string of the molecule is Cc1cc(Nc2nc3cccc(-c4cc(F)c(CN5CCS(=O)(=O)CC5)c(F)c4)c3o2)ccc1N1CCN(CCN(C)C)CC1. The predicted molar refractivity (Wildman–Crippen MR) is 175 cm³/mol. The van der Waals surface area contributed by atoms with E-state index >= 15 is 8.78 Å². The second kappa shape index (κ2) is 13.0. The molecule has 0 atom stereocenters. The van der Waals surface area contributed by atoms with Crippen molar-refractivity contribution in [2.45, 2.75) is 13.5 Å². The van der Waals surface area contributed by atoms with Crippen LogP contribution in [0.15, 0.2) is 52.9 Å². The Morgan fingerprint density at radius 3 is 2.31 bits per heavy atom. The van der Waals surface area contributed by atoms with Crippen molar-refractivity contribution in [3.05, 3.63) is 71.3 Å². The molecule has 2 fully saturated rings. The maximum Gasteiger partial charge on any atom is 0.300 e. The molecule has 0 amide bonds. The molecule has 6 rings (SSSR count). The highest BCUT2D eigenvalue weighted by atomic mass is 32.2. The summed E-state index contributed by atoms with van der Waals surface area (Å²) in [5.41, 5.74) is 4.98. The van der Waals surface area contributed by atoms with Gasteiger partial charge in [-0.3, -0.25) is 9.80 Å². The van der Waals surface area contributed by atoms with Gasteiger partial charge in [0.15, 0.2) is 15.4 Å². The molecular formula is C33H40F2N6O3S. The van der Waals surface area contributed by atoms with Crippen LogP contribution in [0.25, 0.3) is 22.2 Å². The Morgan fingerprint density at radius 1 is 0.933 bits per heavy atom. The predicted octanol–water partition coefficient (Wildman–Crippen LogP) is 4.74. The third-order valence-corrected chi connectivity index (χ3v) is 10.3. The van der Waals surface area contributed by atoms with Gasteiger partial charge in [-0.25, -0.2) is 17.2 Å². The third kappa shape index (κ3) is 7.30. The number of hydrogen-bond acceptors (Lipinski definition) is 9. The van der Waals surface area contributed by atoms with E-state index in [-0.39, 0.29) is 42.7 Å². The Hall–Kier alpha value is -3.58. The maximum absolute atomic E-state index is 15.2. The molecule has 0 unspecified atom stereocenters. The zero-order valence-electron chi connectivity index (χ0n) is 26.0. The fourth-order valence-corrected chi connectivity index (χ4v) is 7.31. The number of benzene rings is 3. The summed E-state index contributed by atoms with van der Waals surface area (Å²) in [6.45, 7) is 8.83. The minimum atomic E-state index is -3.08. The Morgan fingerprint density at radius 2 is 1.64 bits per heavy atom. The van der Waals surface area contributed by atoms with Crippen molar-refractivity contribution in [1.29, 1.82) is 0 Å². The summed E-state index contributed by atoms with van der Waals surface area (Å²) in [7, 11) is 1.13. The van der Waals surface area contributed by atoms with Crippen LogP contribution in [0, 0.1) is 18.6 Å². The van der Waals surface area contributed by atoms with Crippen LogP contribution in [0.3, 0.4) is 0 Å². The number of anilines is 3. The lowest BCUT2D eigenvalue weighted by Crippen LogP contribution is -2.48. The summed E-state index contributed by atoms with van der Waals surface area (Å²) >= 11 is 0. The molecule has 9 nitrogen and oxygen atoms in total. The molecule has 3 heterocycles. The van der Waals surface area contributed by atoms with Gasteiger partial charge in [0.2, 0.25) is 0 Å². The van der Waals surface area contributed by atoms with Crippen molar-refractivity contribution >= 4 is 38.3 Å². The number of oxazole rings is 1. The van der Waals surface area contributed by atoms with Crippen molar-refractivity contribution in [2.24, 2.45) is 0 Å². The molecule has 0 aliphatic carbocycles. The van der Waals surface area contributed by atoms with Gasteiger partial charge in [-0.15, -0.1) is 0 Å². The molecule has 2 aliphatic rings. The molecule has 240 valence electrons. The largest absolute Gasteiger partial charge is 0.423 e. The molecule has 4 aromatic rings. The van der Waals surface area contributed by atoms with Crippen molar-refractivity contribution in [1.82, 2.24) is 19.7 Å². The van der Waals surface area contributed by atoms with E-state index in [1.54, 1.807) is 23.1 Å². The average molecular weight is 639 g/mol. The number of nitrogens with zero attached hydrogens (tertiary/aromatic N) is 5. The highest BCUT2D eigenvalue weighted by molar-refractivity contribution is 7.91.